The van der Waals surface area contributed by atoms with Crippen LogP contribution in [0.1, 0.15) is 211 Å². The summed E-state index contributed by atoms with van der Waals surface area (Å²) >= 11 is 31.3. The number of ether oxygens (including phenoxy) is 6. The highest BCUT2D eigenvalue weighted by Gasteiger charge is 2.39. The number of Topliss-reactive ketones (excluding diaryl/α,β-unsaturated/α-hetero) is 1. The van der Waals surface area contributed by atoms with E-state index in [9.17, 15) is 57.9 Å². The molecule has 11 aromatic carbocycles. The lowest BCUT2D eigenvalue weighted by Gasteiger charge is -2.29. The normalized spacial score (nSPS) is 13.1. The van der Waals surface area contributed by atoms with Gasteiger partial charge in [-0.15, -0.1) is 0 Å². The van der Waals surface area contributed by atoms with Gasteiger partial charge < -0.3 is 68.8 Å². The first-order chi connectivity index (χ1) is 68.1. The van der Waals surface area contributed by atoms with E-state index in [4.69, 9.17) is 135 Å². The zero-order valence-electron chi connectivity index (χ0n) is 85.3. The van der Waals surface area contributed by atoms with Crippen LogP contribution < -0.4 is 16.7 Å². The summed E-state index contributed by atoms with van der Waals surface area (Å²) in [5.41, 5.74) is 19.3. The molecule has 4 aliphatic rings. The number of aliphatic carboxylic acids is 1. The van der Waals surface area contributed by atoms with Crippen molar-refractivity contribution in [3.8, 4) is 28.3 Å². The number of nitriles is 1. The first kappa shape index (κ1) is 130. The minimum Gasteiger partial charge on any atom is -0.481 e. The molecule has 0 aromatic heterocycles. The van der Waals surface area contributed by atoms with Gasteiger partial charge in [0.05, 0.1) is 63.5 Å². The smallest absolute Gasteiger partial charge is 0.481 e. The Hall–Kier alpha value is -10.7. The van der Waals surface area contributed by atoms with Crippen LogP contribution in [0.5, 0.6) is 0 Å². The average molecular weight is 2220 g/mol. The first-order valence-corrected chi connectivity index (χ1v) is 48.1. The van der Waals surface area contributed by atoms with Gasteiger partial charge in [-0.05, 0) is 183 Å². The van der Waals surface area contributed by atoms with E-state index in [1.807, 2.05) is 268 Å². The molecule has 0 saturated carbocycles. The Bertz CT molecular complexity index is 6130. The van der Waals surface area contributed by atoms with Gasteiger partial charge in [-0.3, -0.25) is 43.4 Å². The molecule has 37 heteroatoms. The third kappa shape index (κ3) is 40.2. The fraction of sp³-hybridized carbons (Fsp3) is 0.315. The number of esters is 5. The van der Waals surface area contributed by atoms with Crippen molar-refractivity contribution in [2.75, 3.05) is 20.4 Å². The fourth-order valence-corrected chi connectivity index (χ4v) is 15.2. The zero-order chi connectivity index (χ0) is 108. The SMILES string of the molecule is CC(C)(O)c1ccccc1.CC(C)(OC(=N)C(Cl)(Cl)Cl)c1ccccc1.C[C@H](CC(=O)OCC1c2ccccc2-c2ccccc21)C(=O)O.C[C@H](CC(=O)OCC1c2ccccc2-c2ccccc21)C(=O)OC(C)(C)c1ccccc1.C[C@H](CC(=O)c1ccc2c(c1)B(O)OC2)C(=O)OC(C)(C)c1ccccc1.C[C@H](N)C(=O)OC(C)(C)c1ccccc1.N#CC(Cl)(Cl)Cl.O=C(O)c1ccc2c(c1)B(O)OC2.S.S.S.S.[2H]CF. The van der Waals surface area contributed by atoms with Crippen LogP contribution in [0.4, 0.5) is 4.39 Å². The number of aromatic carboxylic acids is 1. The summed E-state index contributed by atoms with van der Waals surface area (Å²) in [5, 5.41) is 61.4. The van der Waals surface area contributed by atoms with Crippen LogP contribution in [0.25, 0.3) is 22.3 Å². The second-order valence-electron chi connectivity index (χ2n) is 36.4. The molecule has 2 aliphatic carbocycles. The Balaban J connectivity index is 0.000000450. The number of nitrogens with two attached hydrogens (primary N) is 1. The lowest BCUT2D eigenvalue weighted by Crippen LogP contribution is -2.35. The van der Waals surface area contributed by atoms with E-state index in [1.54, 1.807) is 58.9 Å². The molecule has 0 amide bonds. The summed E-state index contributed by atoms with van der Waals surface area (Å²) < 4.78 is 55.1. The van der Waals surface area contributed by atoms with Crippen LogP contribution in [0, 0.1) is 34.5 Å². The number of fused-ring (bicyclic) bond motifs is 8. The molecule has 2 aliphatic heterocycles. The zero-order valence-corrected chi connectivity index (χ0v) is 92.9. The van der Waals surface area contributed by atoms with E-state index in [0.717, 1.165) is 50.1 Å². The van der Waals surface area contributed by atoms with E-state index in [0.29, 0.717) is 29.7 Å². The maximum Gasteiger partial charge on any atom is 0.491 e. The van der Waals surface area contributed by atoms with Crippen molar-refractivity contribution >= 4 is 202 Å². The van der Waals surface area contributed by atoms with Crippen molar-refractivity contribution in [1.82, 2.24) is 0 Å². The van der Waals surface area contributed by atoms with Crippen molar-refractivity contribution in [2.24, 2.45) is 23.5 Å². The number of ketones is 1. The molecular weight excluding hydrogens is 2090 g/mol. The average Bonchev–Trinajstić information content (AvgIpc) is 1.62. The Labute approximate surface area is 925 Å². The lowest BCUT2D eigenvalue weighted by molar-refractivity contribution is -0.165. The van der Waals surface area contributed by atoms with Crippen molar-refractivity contribution < 1.29 is 107 Å². The quantitative estimate of drug-likeness (QED) is 0.00531. The van der Waals surface area contributed by atoms with Gasteiger partial charge in [0.15, 0.2) is 5.78 Å². The number of alkyl halides is 7. The number of hydrogen-bond acceptors (Lipinski definition) is 22. The molecule has 0 unspecified atom stereocenters. The van der Waals surface area contributed by atoms with Gasteiger partial charge in [-0.2, -0.15) is 59.2 Å². The van der Waals surface area contributed by atoms with Gasteiger partial charge >= 0.3 is 56.0 Å². The highest BCUT2D eigenvalue weighted by Crippen LogP contribution is 2.47. The summed E-state index contributed by atoms with van der Waals surface area (Å²) in [7, 11) is -2.98. The highest BCUT2D eigenvalue weighted by atomic mass is 35.6. The summed E-state index contributed by atoms with van der Waals surface area (Å²) in [6.07, 6.45) is -0.0789. The van der Waals surface area contributed by atoms with Gasteiger partial charge in [-0.25, -0.2) is 4.79 Å². The number of nitrogens with zero attached hydrogens (tertiary/aromatic N) is 1. The standard InChI is InChI=1S/C28H28O4.C21H23BO5.C19H18O4.C12H17NO2.C11H12Cl3NO.C9H12O.C8H7BO4.C2Cl3N.CH3F.4H2S/c1-19(27(30)32-28(2,3)20-11-5-4-6-12-20)17-26(29)31-18-25-23-15-9-7-13-21(23)22-14-8-10-16-24(22)25;1-14(20(24)27-21(2,3)17-7-5-4-6-8-17)11-19(23)15-9-10-16-13-26-22(25)18(16)12-15;1-12(19(21)22)10-18(20)23-11-17-15-8-4-2-6-13(15)14-7-3-5-9-16(14)17;1-9(13)11(14)15-12(2,3)10-7-5-4-6-8-10;1-10(2,8-6-4-3-5-7-8)16-9(15)11(12,13)14;1-9(2,10)8-6-4-3-5-7-8;10-8(11)5-1-2-6-4-13-9(12)7(6)3-5;3-2(4,5)1-6;1-2;;;;/h4-16,19,25H,17-18H2,1-3H3;4-10,12,14,25H,11,13H2,1-3H3;2-9,12,17H,10-11H2,1H3,(H,21,22);4-9H,13H2,1-3H3;3-7,15H,1-2H3;3-7,10H,1-2H3;1-3,12H,4H2,(H,10,11);;1H3;4*1H2/t19-;14-;12-;9-;;;;;;;;;/m1110........./s1/i;;;;;;;;1D;;;;. The Kier molecular flexibility index (Phi) is 53.4. The van der Waals surface area contributed by atoms with Gasteiger partial charge in [0, 0.05) is 23.8 Å². The maximum absolute atomic E-state index is 12.6. The van der Waals surface area contributed by atoms with Crippen LogP contribution in [-0.2, 0) is 108 Å². The predicted molar refractivity (Wildman–Crippen MR) is 602 cm³/mol. The molecule has 15 rings (SSSR count). The number of halogens is 7. The Morgan fingerprint density at radius 1 is 0.439 bits per heavy atom. The molecule has 792 valence electrons. The lowest BCUT2D eigenvalue weighted by atomic mass is 9.78. The largest absolute Gasteiger partial charge is 0.491 e. The first-order valence-electron chi connectivity index (χ1n) is 46.5. The molecule has 0 spiro atoms. The number of carboxylic acids is 2. The summed E-state index contributed by atoms with van der Waals surface area (Å²) in [5.74, 6) is -6.49. The minimum absolute atomic E-state index is 0. The number of carbonyl (C=O) groups excluding carboxylic acids is 6. The molecule has 2 heterocycles. The second-order valence-corrected chi connectivity index (χ2v) is 40.9. The number of carboxylic acid groups (broad SMARTS) is 2. The second kappa shape index (κ2) is 61.0. The van der Waals surface area contributed by atoms with E-state index >= 15 is 0 Å². The van der Waals surface area contributed by atoms with E-state index in [-0.39, 0.29) is 122 Å². The third-order valence-electron chi connectivity index (χ3n) is 23.1. The molecule has 8 N–H and O–H groups in total. The predicted octanol–water partition coefficient (Wildman–Crippen LogP) is 22.4. The topological polar surface area (TPSA) is 385 Å². The van der Waals surface area contributed by atoms with Crippen LogP contribution in [0.2, 0.25) is 0 Å². The fourth-order valence-electron chi connectivity index (χ4n) is 15.0. The molecule has 148 heavy (non-hydrogen) atoms. The summed E-state index contributed by atoms with van der Waals surface area (Å²) in [4.78, 5) is 94.9. The van der Waals surface area contributed by atoms with Crippen LogP contribution in [-0.4, -0.2) is 127 Å². The van der Waals surface area contributed by atoms with Gasteiger partial charge in [0.2, 0.25) is 5.90 Å². The monoisotopic (exact) mass is 2220 g/mol. The van der Waals surface area contributed by atoms with Crippen molar-refractivity contribution in [3.05, 3.63) is 357 Å². The highest BCUT2D eigenvalue weighted by molar-refractivity contribution is 7.59. The van der Waals surface area contributed by atoms with Crippen LogP contribution in [0.15, 0.2) is 285 Å². The van der Waals surface area contributed by atoms with Crippen LogP contribution in [0.3, 0.4) is 0 Å². The molecule has 0 bridgehead atoms. The number of rotatable bonds is 25. The van der Waals surface area contributed by atoms with Gasteiger partial charge in [-0.1, -0.05) is 363 Å². The van der Waals surface area contributed by atoms with Crippen LogP contribution >= 0.6 is 124 Å². The van der Waals surface area contributed by atoms with Gasteiger partial charge in [0.1, 0.15) is 47.7 Å². The molecule has 4 atom stereocenters. The molecular formula is C111H128B2Cl6FN3O21S4. The Morgan fingerprint density at radius 3 is 0.993 bits per heavy atom. The summed E-state index contributed by atoms with van der Waals surface area (Å²) in [6, 6.07) is 90.9. The Morgan fingerprint density at radius 2 is 0.709 bits per heavy atom. The van der Waals surface area contributed by atoms with E-state index in [2.05, 4.69) is 36.4 Å². The van der Waals surface area contributed by atoms with E-state index in [1.165, 1.54) is 58.5 Å². The number of carbonyl (C=O) groups is 8. The van der Waals surface area contributed by atoms with E-state index < -0.39 is 117 Å². The molecule has 0 fully saturated rings. The molecule has 0 saturated heterocycles. The number of aliphatic hydroxyl groups is 1. The summed E-state index contributed by atoms with van der Waals surface area (Å²) in [6.45, 7) is 25.9. The minimum atomic E-state index is -1.83. The van der Waals surface area contributed by atoms with Crippen molar-refractivity contribution in [1.29, 1.82) is 10.7 Å². The third-order valence-corrected chi connectivity index (χ3v) is 23.9. The number of benzene rings is 11. The number of nitrogens with one attached hydrogen (secondary N) is 1. The van der Waals surface area contributed by atoms with Gasteiger partial charge in [0.25, 0.3) is 7.59 Å². The molecule has 24 nitrogen and oxygen atoms in total. The number of hydrogen-bond donors (Lipinski definition) is 7. The van der Waals surface area contributed by atoms with Crippen molar-refractivity contribution in [3.63, 3.8) is 0 Å². The molecule has 11 aromatic rings. The maximum atomic E-state index is 12.6. The van der Waals surface area contributed by atoms with Crippen molar-refractivity contribution in [2.45, 2.75) is 183 Å². The molecule has 0 radical (unpaired) electrons.